The molecule has 0 fully saturated rings. The lowest BCUT2D eigenvalue weighted by molar-refractivity contribution is 1.32. The van der Waals surface area contributed by atoms with Gasteiger partial charge in [0, 0.05) is 68.0 Å². The molecule has 11 aromatic rings. The van der Waals surface area contributed by atoms with Gasteiger partial charge in [0.2, 0.25) is 0 Å². The van der Waals surface area contributed by atoms with E-state index in [1.54, 1.807) is 0 Å². The number of para-hydroxylation sites is 2. The first kappa shape index (κ1) is 33.4. The van der Waals surface area contributed by atoms with Crippen LogP contribution in [-0.4, -0.2) is 24.9 Å². The highest BCUT2D eigenvalue weighted by molar-refractivity contribution is 5.99. The Hall–Kier alpha value is -7.89. The van der Waals surface area contributed by atoms with Crippen LogP contribution in [0.2, 0.25) is 0 Å². The summed E-state index contributed by atoms with van der Waals surface area (Å²) in [4.78, 5) is 24.6. The van der Waals surface area contributed by atoms with Gasteiger partial charge in [0.1, 0.15) is 0 Å². The minimum absolute atomic E-state index is 0.895. The van der Waals surface area contributed by atoms with Crippen molar-refractivity contribution in [2.45, 2.75) is 0 Å². The molecule has 5 nitrogen and oxygen atoms in total. The minimum atomic E-state index is 0.895. The van der Waals surface area contributed by atoms with E-state index in [-0.39, 0.29) is 0 Å². The topological polar surface area (TPSA) is 64.5 Å². The maximum Gasteiger partial charge on any atom is 0.0780 e. The maximum atomic E-state index is 5.32. The number of rotatable bonds is 6. The molecule has 58 heavy (non-hydrogen) atoms. The van der Waals surface area contributed by atoms with Gasteiger partial charge in [-0.3, -0.25) is 15.0 Å². The van der Waals surface area contributed by atoms with Gasteiger partial charge in [0.05, 0.1) is 39.1 Å². The maximum absolute atomic E-state index is 5.32. The number of pyridine rings is 5. The fourth-order valence-corrected chi connectivity index (χ4v) is 8.05. The first-order valence-electron chi connectivity index (χ1n) is 19.4. The number of fused-ring (bicyclic) bond motifs is 4. The predicted molar refractivity (Wildman–Crippen MR) is 238 cm³/mol. The average molecular weight is 740 g/mol. The third-order valence-corrected chi connectivity index (χ3v) is 11.0. The Morgan fingerprint density at radius 1 is 0.259 bits per heavy atom. The molecule has 0 N–H and O–H groups in total. The van der Waals surface area contributed by atoms with E-state index in [1.165, 1.54) is 0 Å². The van der Waals surface area contributed by atoms with E-state index < -0.39 is 0 Å². The Kier molecular flexibility index (Phi) is 8.07. The van der Waals surface area contributed by atoms with Crippen molar-refractivity contribution in [1.29, 1.82) is 0 Å². The van der Waals surface area contributed by atoms with Gasteiger partial charge in [0.25, 0.3) is 0 Å². The monoisotopic (exact) mass is 739 g/mol. The van der Waals surface area contributed by atoms with Crippen molar-refractivity contribution < 1.29 is 0 Å². The predicted octanol–water partition coefficient (Wildman–Crippen LogP) is 13.3. The zero-order chi connectivity index (χ0) is 38.4. The molecule has 0 aliphatic carbocycles. The Bertz CT molecular complexity index is 3250. The second-order valence-corrected chi connectivity index (χ2v) is 14.6. The van der Waals surface area contributed by atoms with Gasteiger partial charge < -0.3 is 0 Å². The van der Waals surface area contributed by atoms with Crippen LogP contribution in [0.25, 0.3) is 111 Å². The SMILES string of the molecule is c1ccc(-c2cccc(-c3ccc4ccc(-c5ccc6ccc(-c7cc(-c8cccc9cccnc89)cc(-c8cccc9cccnc89)c7)nc6c5)cc4n3)c2)nc1. The molecule has 0 aliphatic heterocycles. The lowest BCUT2D eigenvalue weighted by atomic mass is 9.92. The molecular weight excluding hydrogens is 707 g/mol. The van der Waals surface area contributed by atoms with Crippen LogP contribution < -0.4 is 0 Å². The molecule has 0 spiro atoms. The van der Waals surface area contributed by atoms with Gasteiger partial charge in [-0.2, -0.15) is 0 Å². The second-order valence-electron chi connectivity index (χ2n) is 14.6. The van der Waals surface area contributed by atoms with E-state index >= 15 is 0 Å². The van der Waals surface area contributed by atoms with Crippen molar-refractivity contribution in [2.24, 2.45) is 0 Å². The first-order valence-corrected chi connectivity index (χ1v) is 19.4. The fourth-order valence-electron chi connectivity index (χ4n) is 8.05. The van der Waals surface area contributed by atoms with Crippen LogP contribution >= 0.6 is 0 Å². The molecule has 5 heteroatoms. The van der Waals surface area contributed by atoms with Crippen LogP contribution in [0.5, 0.6) is 0 Å². The molecule has 0 saturated carbocycles. The quantitative estimate of drug-likeness (QED) is 0.170. The smallest absolute Gasteiger partial charge is 0.0780 e. The summed E-state index contributed by atoms with van der Waals surface area (Å²) in [5.41, 5.74) is 16.2. The third kappa shape index (κ3) is 6.12. The van der Waals surface area contributed by atoms with Crippen LogP contribution in [0.1, 0.15) is 0 Å². The van der Waals surface area contributed by atoms with Crippen molar-refractivity contribution in [2.75, 3.05) is 0 Å². The molecular formula is C53H33N5. The zero-order valence-electron chi connectivity index (χ0n) is 31.3. The van der Waals surface area contributed by atoms with Gasteiger partial charge >= 0.3 is 0 Å². The van der Waals surface area contributed by atoms with Crippen molar-refractivity contribution in [1.82, 2.24) is 24.9 Å². The molecule has 0 aliphatic rings. The summed E-state index contributed by atoms with van der Waals surface area (Å²) < 4.78 is 0. The van der Waals surface area contributed by atoms with Crippen molar-refractivity contribution >= 4 is 43.6 Å². The van der Waals surface area contributed by atoms with Crippen LogP contribution in [0.4, 0.5) is 0 Å². The molecule has 11 rings (SSSR count). The average Bonchev–Trinajstić information content (AvgIpc) is 3.30. The van der Waals surface area contributed by atoms with Gasteiger partial charge in [-0.1, -0.05) is 109 Å². The molecule has 0 radical (unpaired) electrons. The van der Waals surface area contributed by atoms with Crippen molar-refractivity contribution in [3.8, 4) is 67.2 Å². The summed E-state index contributed by atoms with van der Waals surface area (Å²) in [6.45, 7) is 0. The molecule has 6 aromatic carbocycles. The number of nitrogens with zero attached hydrogens (tertiary/aromatic N) is 5. The van der Waals surface area contributed by atoms with Gasteiger partial charge in [-0.25, -0.2) is 9.97 Å². The third-order valence-electron chi connectivity index (χ3n) is 11.0. The molecule has 0 saturated heterocycles. The summed E-state index contributed by atoms with van der Waals surface area (Å²) in [6.07, 6.45) is 5.55. The summed E-state index contributed by atoms with van der Waals surface area (Å²) in [5, 5.41) is 4.37. The number of hydrogen-bond donors (Lipinski definition) is 0. The van der Waals surface area contributed by atoms with Crippen molar-refractivity contribution in [3.63, 3.8) is 0 Å². The fraction of sp³-hybridized carbons (Fsp3) is 0. The molecule has 5 heterocycles. The Labute approximate surface area is 335 Å². The second kappa shape index (κ2) is 14.0. The minimum Gasteiger partial charge on any atom is -0.256 e. The van der Waals surface area contributed by atoms with Crippen molar-refractivity contribution in [3.05, 3.63) is 201 Å². The van der Waals surface area contributed by atoms with Gasteiger partial charge in [0.15, 0.2) is 0 Å². The van der Waals surface area contributed by atoms with Crippen LogP contribution in [0.15, 0.2) is 201 Å². The Balaban J connectivity index is 1.00. The number of aromatic nitrogens is 5. The molecule has 0 bridgehead atoms. The normalized spacial score (nSPS) is 11.4. The van der Waals surface area contributed by atoms with Gasteiger partial charge in [-0.15, -0.1) is 0 Å². The van der Waals surface area contributed by atoms with Gasteiger partial charge in [-0.05, 0) is 95.1 Å². The van der Waals surface area contributed by atoms with Crippen LogP contribution in [-0.2, 0) is 0 Å². The Morgan fingerprint density at radius 3 is 1.33 bits per heavy atom. The van der Waals surface area contributed by atoms with E-state index in [1.807, 2.05) is 48.9 Å². The first-order chi connectivity index (χ1) is 28.7. The van der Waals surface area contributed by atoms with E-state index in [0.29, 0.717) is 0 Å². The standard InChI is InChI=1S/C53H33N5/c1-2-25-54-47(16-1)40-10-3-11-41(28-40)48-23-21-34-17-19-38(32-50(34)57-48)39-20-18-35-22-24-49(58-51(35)33-39)44-30-42(45-14-4-8-36-12-6-26-55-52(36)45)29-43(31-44)46-15-5-9-37-13-7-27-56-53(37)46/h1-33H. The van der Waals surface area contributed by atoms with Crippen LogP contribution in [0, 0.1) is 0 Å². The van der Waals surface area contributed by atoms with E-state index in [0.717, 1.165) is 111 Å². The summed E-state index contributed by atoms with van der Waals surface area (Å²) in [5.74, 6) is 0. The molecule has 0 atom stereocenters. The summed E-state index contributed by atoms with van der Waals surface area (Å²) in [7, 11) is 0. The largest absolute Gasteiger partial charge is 0.256 e. The lowest BCUT2D eigenvalue weighted by Crippen LogP contribution is -1.92. The Morgan fingerprint density at radius 2 is 0.741 bits per heavy atom. The van der Waals surface area contributed by atoms with E-state index in [2.05, 4.69) is 157 Å². The summed E-state index contributed by atoms with van der Waals surface area (Å²) >= 11 is 0. The zero-order valence-corrected chi connectivity index (χ0v) is 31.3. The summed E-state index contributed by atoms with van der Waals surface area (Å²) in [6, 6.07) is 63.6. The highest BCUT2D eigenvalue weighted by Crippen LogP contribution is 2.38. The van der Waals surface area contributed by atoms with Crippen LogP contribution in [0.3, 0.4) is 0 Å². The molecule has 0 amide bonds. The molecule has 270 valence electrons. The highest BCUT2D eigenvalue weighted by Gasteiger charge is 2.14. The molecule has 0 unspecified atom stereocenters. The lowest BCUT2D eigenvalue weighted by Gasteiger charge is -2.14. The van der Waals surface area contributed by atoms with E-state index in [4.69, 9.17) is 19.9 Å². The number of benzene rings is 6. The van der Waals surface area contributed by atoms with E-state index in [9.17, 15) is 0 Å². The highest BCUT2D eigenvalue weighted by atomic mass is 14.7. The number of hydrogen-bond acceptors (Lipinski definition) is 5. The molecule has 5 aromatic heterocycles.